The molecule has 0 N–H and O–H groups in total. The van der Waals surface area contributed by atoms with Gasteiger partial charge in [-0.3, -0.25) is 0 Å². The summed E-state index contributed by atoms with van der Waals surface area (Å²) in [6, 6.07) is 0. The van der Waals surface area contributed by atoms with Crippen LogP contribution in [0.2, 0.25) is 0 Å². The molecule has 0 bridgehead atoms. The van der Waals surface area contributed by atoms with Crippen LogP contribution in [-0.4, -0.2) is 43.0 Å². The fourth-order valence-corrected chi connectivity index (χ4v) is 2.24. The second-order valence-corrected chi connectivity index (χ2v) is 5.88. The van der Waals surface area contributed by atoms with Crippen LogP contribution in [0.4, 0.5) is 10.3 Å². The standard InChI is InChI=1S/C8H10FN3O2S/c1-15(13,14)7-4-12(5-7)8-10-2-6(9)3-11-8/h2-3,7H,4-5H2,1H3. The van der Waals surface area contributed by atoms with E-state index in [1.54, 1.807) is 4.90 Å². The maximum Gasteiger partial charge on any atom is 0.225 e. The highest BCUT2D eigenvalue weighted by Gasteiger charge is 2.35. The third-order valence-corrected chi connectivity index (χ3v) is 3.85. The lowest BCUT2D eigenvalue weighted by Gasteiger charge is -2.37. The maximum atomic E-state index is 12.5. The summed E-state index contributed by atoms with van der Waals surface area (Å²) in [6.45, 7) is 0.759. The molecule has 0 atom stereocenters. The molecule has 1 aliphatic heterocycles. The van der Waals surface area contributed by atoms with Crippen LogP contribution < -0.4 is 4.90 Å². The first-order valence-electron chi connectivity index (χ1n) is 4.38. The zero-order valence-electron chi connectivity index (χ0n) is 8.09. The monoisotopic (exact) mass is 231 g/mol. The molecular formula is C8H10FN3O2S. The molecule has 2 heterocycles. The SMILES string of the molecule is CS(=O)(=O)C1CN(c2ncc(F)cn2)C1. The van der Waals surface area contributed by atoms with E-state index in [0.717, 1.165) is 12.4 Å². The van der Waals surface area contributed by atoms with Crippen molar-refractivity contribution in [3.63, 3.8) is 0 Å². The highest BCUT2D eigenvalue weighted by atomic mass is 32.2. The summed E-state index contributed by atoms with van der Waals surface area (Å²) in [5.41, 5.74) is 0. The van der Waals surface area contributed by atoms with Crippen molar-refractivity contribution in [1.82, 2.24) is 9.97 Å². The van der Waals surface area contributed by atoms with E-state index in [4.69, 9.17) is 0 Å². The molecule has 15 heavy (non-hydrogen) atoms. The van der Waals surface area contributed by atoms with E-state index in [9.17, 15) is 12.8 Å². The van der Waals surface area contributed by atoms with Gasteiger partial charge in [-0.25, -0.2) is 22.8 Å². The van der Waals surface area contributed by atoms with Crippen LogP contribution in [0.5, 0.6) is 0 Å². The Labute approximate surface area is 86.9 Å². The van der Waals surface area contributed by atoms with E-state index in [1.807, 2.05) is 0 Å². The van der Waals surface area contributed by atoms with Gasteiger partial charge in [-0.05, 0) is 0 Å². The van der Waals surface area contributed by atoms with Gasteiger partial charge in [0.15, 0.2) is 15.7 Å². The summed E-state index contributed by atoms with van der Waals surface area (Å²) in [5, 5.41) is -0.355. The number of hydrogen-bond acceptors (Lipinski definition) is 5. The molecule has 0 aliphatic carbocycles. The first-order chi connectivity index (χ1) is 6.97. The van der Waals surface area contributed by atoms with E-state index < -0.39 is 15.7 Å². The number of rotatable bonds is 2. The summed E-state index contributed by atoms with van der Waals surface area (Å²) < 4.78 is 34.7. The predicted octanol–water partition coefficient (Wildman–Crippen LogP) is -0.151. The molecule has 0 saturated carbocycles. The Morgan fingerprint density at radius 3 is 2.40 bits per heavy atom. The Kier molecular flexibility index (Phi) is 2.34. The molecule has 1 saturated heterocycles. The number of halogens is 1. The van der Waals surface area contributed by atoms with Crippen molar-refractivity contribution >= 4 is 15.8 Å². The smallest absolute Gasteiger partial charge is 0.225 e. The third kappa shape index (κ3) is 2.06. The third-order valence-electron chi connectivity index (χ3n) is 2.34. The van der Waals surface area contributed by atoms with Crippen molar-refractivity contribution < 1.29 is 12.8 Å². The lowest BCUT2D eigenvalue weighted by Crippen LogP contribution is -2.55. The Morgan fingerprint density at radius 2 is 1.93 bits per heavy atom. The molecule has 0 radical (unpaired) electrons. The minimum atomic E-state index is -2.99. The molecule has 2 rings (SSSR count). The van der Waals surface area contributed by atoms with Crippen LogP contribution >= 0.6 is 0 Å². The van der Waals surface area contributed by atoms with Crippen molar-refractivity contribution in [2.45, 2.75) is 5.25 Å². The predicted molar refractivity (Wildman–Crippen MR) is 52.8 cm³/mol. The number of sulfone groups is 1. The first-order valence-corrected chi connectivity index (χ1v) is 6.33. The topological polar surface area (TPSA) is 63.2 Å². The molecule has 1 aromatic rings. The Hall–Kier alpha value is -1.24. The molecule has 5 nitrogen and oxygen atoms in total. The lowest BCUT2D eigenvalue weighted by atomic mass is 10.2. The molecule has 1 aromatic heterocycles. The van der Waals surface area contributed by atoms with Crippen LogP contribution in [0.15, 0.2) is 12.4 Å². The summed E-state index contributed by atoms with van der Waals surface area (Å²) in [6.07, 6.45) is 3.34. The molecule has 7 heteroatoms. The van der Waals surface area contributed by atoms with Crippen molar-refractivity contribution in [3.8, 4) is 0 Å². The number of anilines is 1. The van der Waals surface area contributed by atoms with Crippen LogP contribution in [-0.2, 0) is 9.84 Å². The van der Waals surface area contributed by atoms with Crippen molar-refractivity contribution in [2.24, 2.45) is 0 Å². The molecule has 0 aromatic carbocycles. The van der Waals surface area contributed by atoms with Gasteiger partial charge in [-0.2, -0.15) is 0 Å². The minimum absolute atomic E-state index is 0.355. The van der Waals surface area contributed by atoms with E-state index in [0.29, 0.717) is 19.0 Å². The summed E-state index contributed by atoms with van der Waals surface area (Å²) in [4.78, 5) is 9.22. The van der Waals surface area contributed by atoms with Crippen molar-refractivity contribution in [1.29, 1.82) is 0 Å². The van der Waals surface area contributed by atoms with Gasteiger partial charge in [0.05, 0.1) is 17.6 Å². The molecule has 0 amide bonds. The van der Waals surface area contributed by atoms with Gasteiger partial charge in [0.25, 0.3) is 0 Å². The molecule has 0 spiro atoms. The second-order valence-electron chi connectivity index (χ2n) is 3.56. The highest BCUT2D eigenvalue weighted by Crippen LogP contribution is 2.20. The van der Waals surface area contributed by atoms with Crippen molar-refractivity contribution in [2.75, 3.05) is 24.2 Å². The zero-order valence-corrected chi connectivity index (χ0v) is 8.91. The van der Waals surface area contributed by atoms with Crippen LogP contribution in [0, 0.1) is 5.82 Å². The molecule has 82 valence electrons. The average Bonchev–Trinajstić information content (AvgIpc) is 2.03. The lowest BCUT2D eigenvalue weighted by molar-refractivity contribution is 0.538. The maximum absolute atomic E-state index is 12.5. The van der Waals surface area contributed by atoms with E-state index >= 15 is 0 Å². The summed E-state index contributed by atoms with van der Waals surface area (Å²) >= 11 is 0. The van der Waals surface area contributed by atoms with Gasteiger partial charge in [-0.1, -0.05) is 0 Å². The number of hydrogen-bond donors (Lipinski definition) is 0. The van der Waals surface area contributed by atoms with Gasteiger partial charge in [-0.15, -0.1) is 0 Å². The van der Waals surface area contributed by atoms with Crippen molar-refractivity contribution in [3.05, 3.63) is 18.2 Å². The van der Waals surface area contributed by atoms with E-state index in [-0.39, 0.29) is 5.25 Å². The van der Waals surface area contributed by atoms with Gasteiger partial charge in [0.2, 0.25) is 5.95 Å². The molecule has 1 fully saturated rings. The van der Waals surface area contributed by atoms with Gasteiger partial charge >= 0.3 is 0 Å². The quantitative estimate of drug-likeness (QED) is 0.708. The normalized spacial score (nSPS) is 17.6. The summed E-state index contributed by atoms with van der Waals surface area (Å²) in [7, 11) is -2.99. The Bertz CT molecular complexity index is 453. The fraction of sp³-hybridized carbons (Fsp3) is 0.500. The minimum Gasteiger partial charge on any atom is -0.338 e. The number of nitrogens with zero attached hydrogens (tertiary/aromatic N) is 3. The zero-order chi connectivity index (χ0) is 11.1. The summed E-state index contributed by atoms with van der Waals surface area (Å²) in [5.74, 6) is -0.129. The van der Waals surface area contributed by atoms with Crippen LogP contribution in [0.3, 0.4) is 0 Å². The Morgan fingerprint density at radius 1 is 1.40 bits per heavy atom. The average molecular weight is 231 g/mol. The van der Waals surface area contributed by atoms with E-state index in [1.165, 1.54) is 6.26 Å². The largest absolute Gasteiger partial charge is 0.338 e. The molecular weight excluding hydrogens is 221 g/mol. The van der Waals surface area contributed by atoms with Gasteiger partial charge in [0, 0.05) is 19.3 Å². The van der Waals surface area contributed by atoms with Gasteiger partial charge < -0.3 is 4.90 Å². The highest BCUT2D eigenvalue weighted by molar-refractivity contribution is 7.91. The number of aromatic nitrogens is 2. The van der Waals surface area contributed by atoms with E-state index in [2.05, 4.69) is 9.97 Å². The van der Waals surface area contributed by atoms with Crippen LogP contribution in [0.25, 0.3) is 0 Å². The van der Waals surface area contributed by atoms with Gasteiger partial charge in [0.1, 0.15) is 0 Å². The molecule has 1 aliphatic rings. The second kappa shape index (κ2) is 3.41. The van der Waals surface area contributed by atoms with Crippen LogP contribution in [0.1, 0.15) is 0 Å². The first kappa shape index (κ1) is 10.3. The Balaban J connectivity index is 2.04. The fourth-order valence-electron chi connectivity index (χ4n) is 1.34. The molecule has 0 unspecified atom stereocenters.